The summed E-state index contributed by atoms with van der Waals surface area (Å²) in [7, 11) is 0. The molecule has 0 saturated heterocycles. The van der Waals surface area contributed by atoms with E-state index >= 15 is 0 Å². The highest BCUT2D eigenvalue weighted by atomic mass is 32.1. The van der Waals surface area contributed by atoms with Crippen molar-refractivity contribution in [3.63, 3.8) is 0 Å². The second-order valence-electron chi connectivity index (χ2n) is 4.84. The standard InChI is InChI=1S/C18H11NS/c1-3-7-15-11(5-1)13-9-10-14-12-6-2-4-8-16(12)20-18(14)17(13)19-15/h1-10,19H/i2D,4D,6D,8D. The molecule has 0 amide bonds. The Kier molecular flexibility index (Phi) is 1.35. The molecule has 0 bridgehead atoms. The zero-order valence-electron chi connectivity index (χ0n) is 14.4. The van der Waals surface area contributed by atoms with E-state index in [2.05, 4.69) is 11.1 Å². The van der Waals surface area contributed by atoms with Crippen LogP contribution in [-0.4, -0.2) is 4.98 Å². The van der Waals surface area contributed by atoms with Gasteiger partial charge >= 0.3 is 0 Å². The minimum Gasteiger partial charge on any atom is -0.353 e. The summed E-state index contributed by atoms with van der Waals surface area (Å²) in [6.07, 6.45) is 0. The van der Waals surface area contributed by atoms with Gasteiger partial charge in [-0.05, 0) is 12.1 Å². The molecule has 0 unspecified atom stereocenters. The van der Waals surface area contributed by atoms with E-state index in [-0.39, 0.29) is 24.2 Å². The largest absolute Gasteiger partial charge is 0.353 e. The Bertz CT molecular complexity index is 1300. The summed E-state index contributed by atoms with van der Waals surface area (Å²) >= 11 is 1.43. The quantitative estimate of drug-likeness (QED) is 0.374. The van der Waals surface area contributed by atoms with Gasteiger partial charge in [-0.1, -0.05) is 48.5 Å². The summed E-state index contributed by atoms with van der Waals surface area (Å²) in [6, 6.07) is 11.8. The van der Waals surface area contributed by atoms with Crippen LogP contribution in [0.4, 0.5) is 0 Å². The number of para-hydroxylation sites is 1. The van der Waals surface area contributed by atoms with Crippen LogP contribution in [0.1, 0.15) is 5.48 Å². The van der Waals surface area contributed by atoms with Crippen LogP contribution in [0.3, 0.4) is 0 Å². The molecule has 0 radical (unpaired) electrons. The molecule has 5 rings (SSSR count). The highest BCUT2D eigenvalue weighted by Gasteiger charge is 2.11. The summed E-state index contributed by atoms with van der Waals surface area (Å²) in [5.41, 5.74) is 2.05. The van der Waals surface area contributed by atoms with Crippen molar-refractivity contribution in [1.29, 1.82) is 0 Å². The van der Waals surface area contributed by atoms with Crippen LogP contribution in [0.25, 0.3) is 42.0 Å². The molecule has 0 aliphatic rings. The Labute approximate surface area is 125 Å². The van der Waals surface area contributed by atoms with Gasteiger partial charge < -0.3 is 4.98 Å². The first-order valence-corrected chi connectivity index (χ1v) is 7.21. The van der Waals surface area contributed by atoms with Crippen LogP contribution in [0.15, 0.2) is 60.6 Å². The molecule has 1 nitrogen and oxygen atoms in total. The van der Waals surface area contributed by atoms with Crippen molar-refractivity contribution in [1.82, 2.24) is 4.98 Å². The second-order valence-corrected chi connectivity index (χ2v) is 5.86. The molecule has 3 aromatic carbocycles. The number of nitrogens with one attached hydrogen (secondary N) is 1. The average molecular weight is 277 g/mol. The summed E-state index contributed by atoms with van der Waals surface area (Å²) in [4.78, 5) is 3.44. The van der Waals surface area contributed by atoms with Crippen molar-refractivity contribution in [2.45, 2.75) is 0 Å². The fourth-order valence-corrected chi connectivity index (χ4v) is 3.98. The van der Waals surface area contributed by atoms with E-state index in [1.165, 1.54) is 11.3 Å². The van der Waals surface area contributed by atoms with Crippen LogP contribution in [-0.2, 0) is 0 Å². The van der Waals surface area contributed by atoms with E-state index in [9.17, 15) is 0 Å². The van der Waals surface area contributed by atoms with Gasteiger partial charge in [0.25, 0.3) is 0 Å². The van der Waals surface area contributed by atoms with Gasteiger partial charge in [0.1, 0.15) is 0 Å². The number of benzene rings is 3. The Morgan fingerprint density at radius 1 is 0.850 bits per heavy atom. The van der Waals surface area contributed by atoms with Crippen molar-refractivity contribution < 1.29 is 5.48 Å². The van der Waals surface area contributed by atoms with E-state index in [1.807, 2.05) is 30.3 Å². The van der Waals surface area contributed by atoms with Gasteiger partial charge in [-0.15, -0.1) is 11.3 Å². The van der Waals surface area contributed by atoms with Crippen LogP contribution < -0.4 is 0 Å². The Balaban J connectivity index is 2.08. The molecule has 2 aromatic heterocycles. The molecule has 5 aromatic rings. The topological polar surface area (TPSA) is 15.8 Å². The fourth-order valence-electron chi connectivity index (χ4n) is 2.87. The number of thiophene rings is 1. The summed E-state index contributed by atoms with van der Waals surface area (Å²) in [6.45, 7) is 0. The number of aromatic nitrogens is 1. The normalized spacial score (nSPS) is 14.8. The maximum absolute atomic E-state index is 8.25. The Hall–Kier alpha value is -2.32. The van der Waals surface area contributed by atoms with Gasteiger partial charge in [-0.2, -0.15) is 0 Å². The molecule has 1 N–H and O–H groups in total. The SMILES string of the molecule is [2H]c1c([2H])c([2H])c2c(sc3c2ccc2c4ccccc4[nH]c23)c1[2H]. The van der Waals surface area contributed by atoms with Gasteiger partial charge in [0.2, 0.25) is 0 Å². The third kappa shape index (κ3) is 1.22. The number of fused-ring (bicyclic) bond motifs is 7. The summed E-state index contributed by atoms with van der Waals surface area (Å²) < 4.78 is 33.8. The number of rotatable bonds is 0. The summed E-state index contributed by atoms with van der Waals surface area (Å²) in [5.74, 6) is 0. The third-order valence-corrected chi connectivity index (χ3v) is 4.90. The van der Waals surface area contributed by atoms with Crippen LogP contribution >= 0.6 is 11.3 Å². The lowest BCUT2D eigenvalue weighted by atomic mass is 10.1. The lowest BCUT2D eigenvalue weighted by Crippen LogP contribution is -1.69. The fraction of sp³-hybridized carbons (Fsp3) is 0. The molecule has 0 spiro atoms. The van der Waals surface area contributed by atoms with E-state index < -0.39 is 0 Å². The lowest BCUT2D eigenvalue weighted by molar-refractivity contribution is 1.57. The molecule has 2 heteroatoms. The minimum absolute atomic E-state index is 0.0349. The average Bonchev–Trinajstić information content (AvgIpc) is 3.16. The predicted octanol–water partition coefficient (Wildman–Crippen LogP) is 5.69. The van der Waals surface area contributed by atoms with Crippen molar-refractivity contribution in [3.8, 4) is 0 Å². The van der Waals surface area contributed by atoms with Gasteiger partial charge in [0, 0.05) is 31.8 Å². The lowest BCUT2D eigenvalue weighted by Gasteiger charge is -1.93. The first kappa shape index (κ1) is 7.46. The van der Waals surface area contributed by atoms with E-state index in [1.54, 1.807) is 0 Å². The van der Waals surface area contributed by atoms with E-state index in [0.29, 0.717) is 10.1 Å². The smallest absolute Gasteiger partial charge is 0.0646 e. The second kappa shape index (κ2) is 3.62. The Morgan fingerprint density at radius 2 is 1.70 bits per heavy atom. The maximum Gasteiger partial charge on any atom is 0.0646 e. The van der Waals surface area contributed by atoms with Gasteiger partial charge in [0.15, 0.2) is 0 Å². The summed E-state index contributed by atoms with van der Waals surface area (Å²) in [5, 5.41) is 3.74. The van der Waals surface area contributed by atoms with Crippen LogP contribution in [0.5, 0.6) is 0 Å². The van der Waals surface area contributed by atoms with Gasteiger partial charge in [-0.3, -0.25) is 0 Å². The molecule has 0 atom stereocenters. The zero-order chi connectivity index (χ0) is 16.6. The molecule has 94 valence electrons. The highest BCUT2D eigenvalue weighted by Crippen LogP contribution is 2.39. The first-order chi connectivity index (χ1) is 11.6. The Morgan fingerprint density at radius 3 is 2.70 bits per heavy atom. The maximum atomic E-state index is 8.25. The third-order valence-electron chi connectivity index (χ3n) is 3.76. The number of aromatic amines is 1. The minimum atomic E-state index is -0.177. The molecule has 2 heterocycles. The molecule has 0 aliphatic carbocycles. The molecular weight excluding hydrogens is 262 g/mol. The van der Waals surface area contributed by atoms with Crippen LogP contribution in [0, 0.1) is 0 Å². The predicted molar refractivity (Wildman–Crippen MR) is 88.7 cm³/mol. The molecule has 0 aliphatic heterocycles. The van der Waals surface area contributed by atoms with Crippen molar-refractivity contribution in [3.05, 3.63) is 60.6 Å². The number of hydrogen-bond acceptors (Lipinski definition) is 1. The van der Waals surface area contributed by atoms with E-state index in [4.69, 9.17) is 5.48 Å². The first-order valence-electron chi connectivity index (χ1n) is 8.40. The van der Waals surface area contributed by atoms with Crippen molar-refractivity contribution >= 4 is 53.3 Å². The van der Waals surface area contributed by atoms with Crippen molar-refractivity contribution in [2.75, 3.05) is 0 Å². The monoisotopic (exact) mass is 277 g/mol. The highest BCUT2D eigenvalue weighted by molar-refractivity contribution is 7.26. The van der Waals surface area contributed by atoms with Gasteiger partial charge in [-0.25, -0.2) is 0 Å². The zero-order valence-corrected chi connectivity index (χ0v) is 11.2. The molecule has 20 heavy (non-hydrogen) atoms. The number of hydrogen-bond donors (Lipinski definition) is 1. The molecular formula is C18H11NS. The van der Waals surface area contributed by atoms with Crippen LogP contribution in [0.2, 0.25) is 0 Å². The number of H-pyrrole nitrogens is 1. The molecule has 0 fully saturated rings. The van der Waals surface area contributed by atoms with Gasteiger partial charge in [0.05, 0.1) is 15.7 Å². The molecule has 0 saturated carbocycles. The van der Waals surface area contributed by atoms with E-state index in [0.717, 1.165) is 31.9 Å². The van der Waals surface area contributed by atoms with Crippen molar-refractivity contribution in [2.24, 2.45) is 0 Å².